The molecule has 0 aromatic carbocycles. The summed E-state index contributed by atoms with van der Waals surface area (Å²) in [5.74, 6) is -2.20. The molecule has 25 heavy (non-hydrogen) atoms. The van der Waals surface area contributed by atoms with E-state index in [9.17, 15) is 9.90 Å². The van der Waals surface area contributed by atoms with Crippen molar-refractivity contribution in [2.24, 2.45) is 0 Å². The topological polar surface area (TPSA) is 60.4 Å². The maximum atomic E-state index is 11.4. The molecule has 0 saturated heterocycles. The maximum absolute atomic E-state index is 11.4. The van der Waals surface area contributed by atoms with Gasteiger partial charge in [-0.3, -0.25) is 4.79 Å². The number of ketones is 1. The smallest absolute Gasteiger partial charge is 0.829 e. The molecule has 144 valence electrons. The van der Waals surface area contributed by atoms with Crippen molar-refractivity contribution in [3.8, 4) is 0 Å². The van der Waals surface area contributed by atoms with Crippen LogP contribution < -0.4 is 34.7 Å². The number of aliphatic hydroxyl groups is 1. The van der Waals surface area contributed by atoms with Gasteiger partial charge in [0.1, 0.15) is 5.78 Å². The molecule has 0 aromatic heterocycles. The van der Waals surface area contributed by atoms with Crippen LogP contribution in [0.4, 0.5) is 0 Å². The second-order valence-electron chi connectivity index (χ2n) is 7.59. The van der Waals surface area contributed by atoms with E-state index in [0.29, 0.717) is 6.42 Å². The number of carbonyl (C=O) groups excluding carboxylic acids is 1. The van der Waals surface area contributed by atoms with Gasteiger partial charge in [-0.15, -0.1) is 0 Å². The SMILES string of the molecule is CCCCCCCCCCCCCCCCCC(=O)CC(C)([O-])O.[Na+]. The Kier molecular flexibility index (Phi) is 21.5. The molecular formula is C21H41NaO3. The molecular weight excluding hydrogens is 323 g/mol. The summed E-state index contributed by atoms with van der Waals surface area (Å²) in [4.78, 5) is 11.4. The van der Waals surface area contributed by atoms with Gasteiger partial charge in [0, 0.05) is 12.8 Å². The molecule has 1 N–H and O–H groups in total. The quantitative estimate of drug-likeness (QED) is 0.231. The van der Waals surface area contributed by atoms with E-state index in [2.05, 4.69) is 6.92 Å². The summed E-state index contributed by atoms with van der Waals surface area (Å²) in [5.41, 5.74) is 0. The summed E-state index contributed by atoms with van der Waals surface area (Å²) in [6, 6.07) is 0. The van der Waals surface area contributed by atoms with Gasteiger partial charge in [0.25, 0.3) is 0 Å². The van der Waals surface area contributed by atoms with Crippen LogP contribution in [-0.2, 0) is 4.79 Å². The first-order chi connectivity index (χ1) is 11.5. The molecule has 0 fully saturated rings. The molecule has 1 unspecified atom stereocenters. The van der Waals surface area contributed by atoms with Crippen LogP contribution in [0.15, 0.2) is 0 Å². The predicted octanol–water partition coefficient (Wildman–Crippen LogP) is 2.28. The summed E-state index contributed by atoms with van der Waals surface area (Å²) in [7, 11) is 0. The van der Waals surface area contributed by atoms with Crippen molar-refractivity contribution in [3.63, 3.8) is 0 Å². The van der Waals surface area contributed by atoms with E-state index in [1.165, 1.54) is 83.5 Å². The van der Waals surface area contributed by atoms with Crippen molar-refractivity contribution >= 4 is 5.78 Å². The zero-order valence-corrected chi connectivity index (χ0v) is 19.3. The van der Waals surface area contributed by atoms with Gasteiger partial charge in [-0.1, -0.05) is 104 Å². The minimum atomic E-state index is -2.09. The van der Waals surface area contributed by atoms with Crippen LogP contribution in [0.3, 0.4) is 0 Å². The Labute approximate surface area is 178 Å². The molecule has 3 nitrogen and oxygen atoms in total. The predicted molar refractivity (Wildman–Crippen MR) is 99.8 cm³/mol. The van der Waals surface area contributed by atoms with Crippen molar-refractivity contribution in [2.45, 2.75) is 129 Å². The molecule has 0 aliphatic heterocycles. The van der Waals surface area contributed by atoms with Gasteiger partial charge in [-0.2, -0.15) is 0 Å². The van der Waals surface area contributed by atoms with Gasteiger partial charge >= 0.3 is 29.6 Å². The Morgan fingerprint density at radius 1 is 0.760 bits per heavy atom. The first kappa shape index (κ1) is 27.8. The summed E-state index contributed by atoms with van der Waals surface area (Å²) < 4.78 is 0. The van der Waals surface area contributed by atoms with E-state index in [0.717, 1.165) is 19.8 Å². The van der Waals surface area contributed by atoms with E-state index in [4.69, 9.17) is 5.11 Å². The first-order valence-corrected chi connectivity index (χ1v) is 10.4. The van der Waals surface area contributed by atoms with Gasteiger partial charge in [0.15, 0.2) is 0 Å². The molecule has 0 bridgehead atoms. The number of unbranched alkanes of at least 4 members (excludes halogenated alkanes) is 14. The Morgan fingerprint density at radius 3 is 1.40 bits per heavy atom. The molecule has 0 rings (SSSR count). The average molecular weight is 365 g/mol. The molecule has 1 atom stereocenters. The van der Waals surface area contributed by atoms with Gasteiger partial charge in [0.2, 0.25) is 0 Å². The van der Waals surface area contributed by atoms with Crippen molar-refractivity contribution in [1.82, 2.24) is 0 Å². The molecule has 0 heterocycles. The number of rotatable bonds is 18. The zero-order chi connectivity index (χ0) is 18.1. The summed E-state index contributed by atoms with van der Waals surface area (Å²) in [6.45, 7) is 3.41. The van der Waals surface area contributed by atoms with Gasteiger partial charge in [0.05, 0.1) is 0 Å². The molecule has 0 aliphatic carbocycles. The third-order valence-corrected chi connectivity index (χ3v) is 4.58. The zero-order valence-electron chi connectivity index (χ0n) is 17.3. The Balaban J connectivity index is 0. The number of Topliss-reactive ketones (excluding diaryl/α,β-unsaturated/α-hetero) is 1. The third-order valence-electron chi connectivity index (χ3n) is 4.58. The maximum Gasteiger partial charge on any atom is 1.00 e. The Hall–Kier alpha value is 0.590. The molecule has 4 heteroatoms. The number of hydrogen-bond donors (Lipinski definition) is 1. The van der Waals surface area contributed by atoms with E-state index < -0.39 is 5.79 Å². The van der Waals surface area contributed by atoms with Crippen LogP contribution in [0.2, 0.25) is 0 Å². The molecule has 0 aliphatic rings. The Morgan fingerprint density at radius 2 is 1.08 bits per heavy atom. The van der Waals surface area contributed by atoms with Crippen LogP contribution in [0.1, 0.15) is 123 Å². The second kappa shape index (κ2) is 19.4. The molecule has 0 saturated carbocycles. The molecule has 0 spiro atoms. The van der Waals surface area contributed by atoms with Crippen LogP contribution in [0.5, 0.6) is 0 Å². The number of carbonyl (C=O) groups is 1. The van der Waals surface area contributed by atoms with E-state index in [-0.39, 0.29) is 41.8 Å². The largest absolute Gasteiger partial charge is 1.00 e. The standard InChI is InChI=1S/C21H41O3.Na/c1-3-4-5-6-7-8-9-10-11-12-13-14-15-16-17-18-20(22)19-21(2,23)24;/h23H,3-19H2,1-2H3;/q-1;+1. The second-order valence-corrected chi connectivity index (χ2v) is 7.59. The van der Waals surface area contributed by atoms with Gasteiger partial charge in [-0.05, 0) is 12.2 Å². The van der Waals surface area contributed by atoms with E-state index in [1.807, 2.05) is 0 Å². The summed E-state index contributed by atoms with van der Waals surface area (Å²) in [6.07, 6.45) is 19.7. The van der Waals surface area contributed by atoms with E-state index in [1.54, 1.807) is 0 Å². The summed E-state index contributed by atoms with van der Waals surface area (Å²) >= 11 is 0. The molecule has 0 amide bonds. The normalized spacial score (nSPS) is 13.3. The average Bonchev–Trinajstić information content (AvgIpc) is 2.49. The summed E-state index contributed by atoms with van der Waals surface area (Å²) in [5, 5.41) is 20.0. The minimum Gasteiger partial charge on any atom is -0.829 e. The third kappa shape index (κ3) is 24.6. The van der Waals surface area contributed by atoms with Crippen LogP contribution in [0, 0.1) is 0 Å². The van der Waals surface area contributed by atoms with E-state index >= 15 is 0 Å². The fourth-order valence-corrected chi connectivity index (χ4v) is 3.15. The molecule has 0 aromatic rings. The fraction of sp³-hybridized carbons (Fsp3) is 0.952. The monoisotopic (exact) mass is 364 g/mol. The van der Waals surface area contributed by atoms with Crippen molar-refractivity contribution in [1.29, 1.82) is 0 Å². The van der Waals surface area contributed by atoms with Crippen molar-refractivity contribution in [2.75, 3.05) is 0 Å². The van der Waals surface area contributed by atoms with Crippen LogP contribution in [-0.4, -0.2) is 16.7 Å². The first-order valence-electron chi connectivity index (χ1n) is 10.4. The Bertz CT molecular complexity index is 287. The van der Waals surface area contributed by atoms with Crippen LogP contribution >= 0.6 is 0 Å². The van der Waals surface area contributed by atoms with Crippen LogP contribution in [0.25, 0.3) is 0 Å². The fourth-order valence-electron chi connectivity index (χ4n) is 3.15. The van der Waals surface area contributed by atoms with Crippen molar-refractivity contribution in [3.05, 3.63) is 0 Å². The minimum absolute atomic E-state index is 0. The number of hydrogen-bond acceptors (Lipinski definition) is 3. The van der Waals surface area contributed by atoms with Gasteiger partial charge < -0.3 is 10.2 Å². The van der Waals surface area contributed by atoms with Crippen molar-refractivity contribution < 1.29 is 44.6 Å². The molecule has 0 radical (unpaired) electrons. The van der Waals surface area contributed by atoms with Gasteiger partial charge in [-0.25, -0.2) is 0 Å².